The van der Waals surface area contributed by atoms with Crippen LogP contribution in [0.25, 0.3) is 0 Å². The van der Waals surface area contributed by atoms with E-state index >= 15 is 0 Å². The summed E-state index contributed by atoms with van der Waals surface area (Å²) in [5, 5.41) is 7.45. The molecule has 1 unspecified atom stereocenters. The fourth-order valence-corrected chi connectivity index (χ4v) is 4.80. The van der Waals surface area contributed by atoms with Gasteiger partial charge in [0.25, 0.3) is 5.91 Å². The van der Waals surface area contributed by atoms with Crippen LogP contribution >= 0.6 is 11.3 Å². The number of amides is 3. The molecule has 2 N–H and O–H groups in total. The van der Waals surface area contributed by atoms with E-state index in [1.807, 2.05) is 27.7 Å². The number of anilines is 1. The second-order valence-corrected chi connectivity index (χ2v) is 10.9. The van der Waals surface area contributed by atoms with Gasteiger partial charge >= 0.3 is 0 Å². The lowest BCUT2D eigenvalue weighted by Crippen LogP contribution is -2.51. The van der Waals surface area contributed by atoms with Crippen LogP contribution in [-0.4, -0.2) is 57.7 Å². The first-order valence-electron chi connectivity index (χ1n) is 13.0. The number of carbonyl (C=O) groups excluding carboxylic acids is 3. The number of thiophene rings is 1. The molecule has 1 atom stereocenters. The zero-order valence-electron chi connectivity index (χ0n) is 24.4. The Morgan fingerprint density at radius 3 is 2.07 bits per heavy atom. The summed E-state index contributed by atoms with van der Waals surface area (Å²) in [6.07, 6.45) is 0. The third kappa shape index (κ3) is 7.91. The number of methoxy groups -OCH3 is 3. The van der Waals surface area contributed by atoms with E-state index in [1.165, 1.54) is 37.6 Å². The van der Waals surface area contributed by atoms with E-state index in [-0.39, 0.29) is 12.5 Å². The van der Waals surface area contributed by atoms with Gasteiger partial charge in [-0.1, -0.05) is 6.07 Å². The van der Waals surface area contributed by atoms with Crippen LogP contribution < -0.4 is 34.5 Å². The Labute approximate surface area is 244 Å². The topological polar surface area (TPSA) is 115 Å². The predicted octanol–water partition coefficient (Wildman–Crippen LogP) is 4.59. The molecule has 0 radical (unpaired) electrons. The van der Waals surface area contributed by atoms with Crippen molar-refractivity contribution in [2.45, 2.75) is 39.3 Å². The molecule has 0 bridgehead atoms. The van der Waals surface area contributed by atoms with E-state index in [0.717, 1.165) is 0 Å². The smallest absolute Gasteiger partial charge is 0.261 e. The van der Waals surface area contributed by atoms with Crippen LogP contribution in [0.5, 0.6) is 23.0 Å². The Morgan fingerprint density at radius 2 is 1.59 bits per heavy atom. The number of nitrogens with zero attached hydrogens (tertiary/aromatic N) is 1. The average molecular weight is 584 g/mol. The highest BCUT2D eigenvalue weighted by molar-refractivity contribution is 7.12. The molecule has 0 aliphatic heterocycles. The molecular weight excluding hydrogens is 546 g/mol. The summed E-state index contributed by atoms with van der Waals surface area (Å²) in [6.45, 7) is 7.54. The molecule has 0 saturated heterocycles. The zero-order valence-corrected chi connectivity index (χ0v) is 25.2. The van der Waals surface area contributed by atoms with Crippen molar-refractivity contribution in [3.63, 3.8) is 0 Å². The van der Waals surface area contributed by atoms with Crippen molar-refractivity contribution in [1.29, 1.82) is 0 Å². The molecule has 0 fully saturated rings. The average Bonchev–Trinajstić information content (AvgIpc) is 3.48. The molecule has 1 aromatic heterocycles. The maximum atomic E-state index is 14.0. The highest BCUT2D eigenvalue weighted by atomic mass is 32.1. The first kappa shape index (κ1) is 31.3. The first-order valence-corrected chi connectivity index (χ1v) is 13.9. The van der Waals surface area contributed by atoms with Gasteiger partial charge in [-0.3, -0.25) is 19.3 Å². The first-order chi connectivity index (χ1) is 19.5. The van der Waals surface area contributed by atoms with Crippen molar-refractivity contribution in [1.82, 2.24) is 10.6 Å². The number of carbonyl (C=O) groups is 3. The van der Waals surface area contributed by atoms with Crippen LogP contribution in [-0.2, 0) is 9.59 Å². The molecule has 41 heavy (non-hydrogen) atoms. The van der Waals surface area contributed by atoms with E-state index in [0.29, 0.717) is 45.7 Å². The lowest BCUT2D eigenvalue weighted by atomic mass is 9.99. The van der Waals surface area contributed by atoms with Crippen LogP contribution in [0.3, 0.4) is 0 Å². The Hall–Kier alpha value is -4.25. The second kappa shape index (κ2) is 13.9. The number of benzene rings is 2. The third-order valence-corrected chi connectivity index (χ3v) is 6.72. The highest BCUT2D eigenvalue weighted by Crippen LogP contribution is 2.42. The van der Waals surface area contributed by atoms with Crippen LogP contribution in [0.4, 0.5) is 5.69 Å². The molecule has 1 heterocycles. The fourth-order valence-electron chi connectivity index (χ4n) is 4.16. The van der Waals surface area contributed by atoms with Gasteiger partial charge in [0.1, 0.15) is 11.8 Å². The summed E-state index contributed by atoms with van der Waals surface area (Å²) in [5.41, 5.74) is 0.219. The van der Waals surface area contributed by atoms with Gasteiger partial charge in [0.2, 0.25) is 17.6 Å². The minimum absolute atomic E-state index is 0.320. The van der Waals surface area contributed by atoms with Gasteiger partial charge in [0.05, 0.1) is 39.4 Å². The Morgan fingerprint density at radius 1 is 0.951 bits per heavy atom. The van der Waals surface area contributed by atoms with Crippen molar-refractivity contribution in [3.8, 4) is 23.0 Å². The number of ether oxygens (including phenoxy) is 4. The predicted molar refractivity (Wildman–Crippen MR) is 158 cm³/mol. The fraction of sp³-hybridized carbons (Fsp3) is 0.367. The molecule has 2 aromatic carbocycles. The summed E-state index contributed by atoms with van der Waals surface area (Å²) in [5.74, 6) is 0.249. The maximum absolute atomic E-state index is 14.0. The lowest BCUT2D eigenvalue weighted by Gasteiger charge is -2.34. The van der Waals surface area contributed by atoms with E-state index in [9.17, 15) is 14.4 Å². The molecule has 3 aromatic rings. The standard InChI is InChI=1S/C30H37N3O7S/c1-8-40-21-13-11-20(12-14-21)33(25(34)18-31-28(35)24-10-9-15-41-24)26(29(36)32-30(2,3)4)19-16-22(37-5)27(39-7)23(17-19)38-6/h9-17,26H,8,18H2,1-7H3,(H,31,35)(H,32,36). The van der Waals surface area contributed by atoms with E-state index in [4.69, 9.17) is 18.9 Å². The number of hydrogen-bond donors (Lipinski definition) is 2. The molecule has 0 aliphatic carbocycles. The molecule has 10 nitrogen and oxygen atoms in total. The maximum Gasteiger partial charge on any atom is 0.261 e. The minimum atomic E-state index is -1.17. The molecule has 3 amide bonds. The summed E-state index contributed by atoms with van der Waals surface area (Å²) >= 11 is 1.27. The molecule has 0 saturated carbocycles. The van der Waals surface area contributed by atoms with Crippen molar-refractivity contribution in [3.05, 3.63) is 64.4 Å². The van der Waals surface area contributed by atoms with E-state index in [1.54, 1.807) is 53.9 Å². The summed E-state index contributed by atoms with van der Waals surface area (Å²) in [6, 6.07) is 12.3. The molecule has 0 spiro atoms. The van der Waals surface area contributed by atoms with Gasteiger partial charge in [-0.15, -0.1) is 11.3 Å². The van der Waals surface area contributed by atoms with Gasteiger partial charge < -0.3 is 29.6 Å². The van der Waals surface area contributed by atoms with Crippen LogP contribution in [0.2, 0.25) is 0 Å². The van der Waals surface area contributed by atoms with Gasteiger partial charge in [-0.25, -0.2) is 0 Å². The van der Waals surface area contributed by atoms with E-state index < -0.39 is 23.4 Å². The monoisotopic (exact) mass is 583 g/mol. The van der Waals surface area contributed by atoms with Crippen LogP contribution in [0.1, 0.15) is 49.0 Å². The quantitative estimate of drug-likeness (QED) is 0.320. The van der Waals surface area contributed by atoms with Gasteiger partial charge in [-0.05, 0) is 81.1 Å². The Bertz CT molecular complexity index is 1310. The molecule has 0 aliphatic rings. The molecule has 3 rings (SSSR count). The number of hydrogen-bond acceptors (Lipinski definition) is 8. The SMILES string of the molecule is CCOc1ccc(N(C(=O)CNC(=O)c2cccs2)C(C(=O)NC(C)(C)C)c2cc(OC)c(OC)c(OC)c2)cc1. The second-order valence-electron chi connectivity index (χ2n) is 9.95. The van der Waals surface area contributed by atoms with Crippen molar-refractivity contribution in [2.75, 3.05) is 39.4 Å². The summed E-state index contributed by atoms with van der Waals surface area (Å²) in [7, 11) is 4.43. The Balaban J connectivity index is 2.16. The molecular formula is C30H37N3O7S. The van der Waals surface area contributed by atoms with Crippen LogP contribution in [0, 0.1) is 0 Å². The minimum Gasteiger partial charge on any atom is -0.494 e. The molecule has 220 valence electrons. The van der Waals surface area contributed by atoms with Gasteiger partial charge in [0.15, 0.2) is 11.5 Å². The summed E-state index contributed by atoms with van der Waals surface area (Å²) in [4.78, 5) is 42.5. The highest BCUT2D eigenvalue weighted by Gasteiger charge is 2.36. The van der Waals surface area contributed by atoms with Crippen molar-refractivity contribution in [2.24, 2.45) is 0 Å². The van der Waals surface area contributed by atoms with Crippen molar-refractivity contribution < 1.29 is 33.3 Å². The third-order valence-electron chi connectivity index (χ3n) is 5.85. The molecule has 11 heteroatoms. The van der Waals surface area contributed by atoms with Gasteiger partial charge in [0, 0.05) is 11.2 Å². The zero-order chi connectivity index (χ0) is 30.2. The summed E-state index contributed by atoms with van der Waals surface area (Å²) < 4.78 is 22.1. The lowest BCUT2D eigenvalue weighted by molar-refractivity contribution is -0.127. The normalized spacial score (nSPS) is 11.7. The van der Waals surface area contributed by atoms with Gasteiger partial charge in [-0.2, -0.15) is 0 Å². The van der Waals surface area contributed by atoms with E-state index in [2.05, 4.69) is 10.6 Å². The number of rotatable bonds is 12. The number of nitrogens with one attached hydrogen (secondary N) is 2. The Kier molecular flexibility index (Phi) is 10.6. The largest absolute Gasteiger partial charge is 0.494 e. The van der Waals surface area contributed by atoms with Crippen molar-refractivity contribution >= 4 is 34.7 Å². The van der Waals surface area contributed by atoms with Crippen LogP contribution in [0.15, 0.2) is 53.9 Å².